The van der Waals surface area contributed by atoms with Gasteiger partial charge < -0.3 is 24.7 Å². The Balaban J connectivity index is 1.31. The standard InChI is InChI=1S/C31H31N3O3/c1-30(2,36)22-8-11-27(25(14-22)26-17-34(3)29(35)28-24(26)12-13-33-28)37-23-9-6-20(7-10-23)4-5-21-15-31(16-21)18-32-19-31/h6-14,17,21,32-33,36H,15-16,18-19H2,1-3H3. The molecule has 6 nitrogen and oxygen atoms in total. The molecule has 2 fully saturated rings. The molecule has 1 spiro atoms. The Morgan fingerprint density at radius 3 is 2.51 bits per heavy atom. The number of nitrogens with one attached hydrogen (secondary N) is 2. The Hall–Kier alpha value is -3.79. The van der Waals surface area contributed by atoms with Crippen LogP contribution in [0.15, 0.2) is 65.7 Å². The lowest BCUT2D eigenvalue weighted by Crippen LogP contribution is -2.59. The van der Waals surface area contributed by atoms with Crippen molar-refractivity contribution in [1.82, 2.24) is 14.9 Å². The molecule has 1 aliphatic carbocycles. The van der Waals surface area contributed by atoms with Crippen LogP contribution in [0.1, 0.15) is 37.8 Å². The van der Waals surface area contributed by atoms with Gasteiger partial charge in [0.25, 0.3) is 5.56 Å². The van der Waals surface area contributed by atoms with E-state index in [4.69, 9.17) is 4.74 Å². The number of pyridine rings is 1. The van der Waals surface area contributed by atoms with Crippen LogP contribution >= 0.6 is 0 Å². The molecule has 0 amide bonds. The second kappa shape index (κ2) is 8.65. The third-order valence-electron chi connectivity index (χ3n) is 7.73. The van der Waals surface area contributed by atoms with Gasteiger partial charge in [0.2, 0.25) is 0 Å². The molecule has 1 saturated heterocycles. The van der Waals surface area contributed by atoms with Crippen LogP contribution in [0, 0.1) is 23.2 Å². The molecule has 1 aliphatic heterocycles. The van der Waals surface area contributed by atoms with Crippen molar-refractivity contribution in [2.45, 2.75) is 32.3 Å². The van der Waals surface area contributed by atoms with E-state index in [0.717, 1.165) is 40.7 Å². The molecule has 6 heteroatoms. The Labute approximate surface area is 216 Å². The third kappa shape index (κ3) is 4.35. The molecule has 0 unspecified atom stereocenters. The van der Waals surface area contributed by atoms with E-state index in [1.807, 2.05) is 54.7 Å². The van der Waals surface area contributed by atoms with E-state index >= 15 is 0 Å². The smallest absolute Gasteiger partial charge is 0.274 e. The number of H-pyrrole nitrogens is 1. The average Bonchev–Trinajstić information content (AvgIpc) is 3.30. The van der Waals surface area contributed by atoms with Crippen molar-refractivity contribution < 1.29 is 9.84 Å². The van der Waals surface area contributed by atoms with Gasteiger partial charge in [-0.05, 0) is 80.1 Å². The highest BCUT2D eigenvalue weighted by Gasteiger charge is 2.47. The van der Waals surface area contributed by atoms with Gasteiger partial charge in [0.15, 0.2) is 0 Å². The van der Waals surface area contributed by atoms with Gasteiger partial charge in [-0.1, -0.05) is 17.9 Å². The summed E-state index contributed by atoms with van der Waals surface area (Å²) < 4.78 is 7.92. The minimum Gasteiger partial charge on any atom is -0.457 e. The summed E-state index contributed by atoms with van der Waals surface area (Å²) in [4.78, 5) is 15.7. The predicted octanol–water partition coefficient (Wildman–Crippen LogP) is 4.90. The summed E-state index contributed by atoms with van der Waals surface area (Å²) in [7, 11) is 1.73. The van der Waals surface area contributed by atoms with Gasteiger partial charge in [0.1, 0.15) is 17.0 Å². The first-order chi connectivity index (χ1) is 17.7. The first-order valence-corrected chi connectivity index (χ1v) is 12.8. The monoisotopic (exact) mass is 493 g/mol. The molecule has 0 radical (unpaired) electrons. The van der Waals surface area contributed by atoms with Crippen LogP contribution in [-0.2, 0) is 12.6 Å². The summed E-state index contributed by atoms with van der Waals surface area (Å²) in [5.41, 5.74) is 3.33. The number of aromatic nitrogens is 2. The van der Waals surface area contributed by atoms with Crippen molar-refractivity contribution in [1.29, 1.82) is 0 Å². The maximum Gasteiger partial charge on any atom is 0.274 e. The van der Waals surface area contributed by atoms with E-state index in [-0.39, 0.29) is 5.56 Å². The van der Waals surface area contributed by atoms with Crippen molar-refractivity contribution >= 4 is 10.9 Å². The van der Waals surface area contributed by atoms with Crippen molar-refractivity contribution in [3.8, 4) is 34.5 Å². The Kier molecular flexibility index (Phi) is 5.52. The highest BCUT2D eigenvalue weighted by Crippen LogP contribution is 2.48. The van der Waals surface area contributed by atoms with Crippen LogP contribution in [0.4, 0.5) is 0 Å². The molecular formula is C31H31N3O3. The molecule has 3 heterocycles. The van der Waals surface area contributed by atoms with E-state index < -0.39 is 5.60 Å². The van der Waals surface area contributed by atoms with E-state index in [2.05, 4.69) is 22.1 Å². The first-order valence-electron chi connectivity index (χ1n) is 12.8. The molecule has 2 aromatic carbocycles. The van der Waals surface area contributed by atoms with Crippen LogP contribution in [0.5, 0.6) is 11.5 Å². The summed E-state index contributed by atoms with van der Waals surface area (Å²) in [6.07, 6.45) is 5.99. The maximum atomic E-state index is 12.6. The number of aryl methyl sites for hydroxylation is 1. The fraction of sp³-hybridized carbons (Fsp3) is 0.323. The highest BCUT2D eigenvalue weighted by atomic mass is 16.5. The maximum absolute atomic E-state index is 12.6. The largest absolute Gasteiger partial charge is 0.457 e. The van der Waals surface area contributed by atoms with Gasteiger partial charge in [-0.3, -0.25) is 4.79 Å². The molecule has 0 bridgehead atoms. The Morgan fingerprint density at radius 1 is 1.08 bits per heavy atom. The van der Waals surface area contributed by atoms with Gasteiger partial charge >= 0.3 is 0 Å². The quantitative estimate of drug-likeness (QED) is 0.353. The SMILES string of the molecule is Cn1cc(-c2cc(C(C)(C)O)ccc2Oc2ccc(C#CC3CC4(CNC4)C3)cc2)c2cc[nH]c2c1=O. The summed E-state index contributed by atoms with van der Waals surface area (Å²) in [6, 6.07) is 15.4. The lowest BCUT2D eigenvalue weighted by molar-refractivity contribution is 0.0266. The Bertz CT molecular complexity index is 1600. The first kappa shape index (κ1) is 23.6. The zero-order chi connectivity index (χ0) is 25.8. The Morgan fingerprint density at radius 2 is 1.84 bits per heavy atom. The lowest BCUT2D eigenvalue weighted by Gasteiger charge is -2.53. The topological polar surface area (TPSA) is 79.3 Å². The minimum absolute atomic E-state index is 0.0945. The lowest BCUT2D eigenvalue weighted by atomic mass is 9.59. The molecule has 2 aromatic heterocycles. The van der Waals surface area contributed by atoms with Gasteiger partial charge in [0.05, 0.1) is 5.60 Å². The molecule has 0 atom stereocenters. The van der Waals surface area contributed by atoms with E-state index in [9.17, 15) is 9.90 Å². The van der Waals surface area contributed by atoms with Gasteiger partial charge in [-0.25, -0.2) is 0 Å². The van der Waals surface area contributed by atoms with Crippen LogP contribution in [0.2, 0.25) is 0 Å². The molecule has 2 aliphatic rings. The van der Waals surface area contributed by atoms with Crippen LogP contribution in [-0.4, -0.2) is 27.7 Å². The van der Waals surface area contributed by atoms with Crippen LogP contribution in [0.3, 0.4) is 0 Å². The van der Waals surface area contributed by atoms with Crippen molar-refractivity contribution in [2.24, 2.45) is 18.4 Å². The number of aliphatic hydroxyl groups is 1. The molecule has 4 aromatic rings. The van der Waals surface area contributed by atoms with Crippen molar-refractivity contribution in [3.05, 3.63) is 82.4 Å². The van der Waals surface area contributed by atoms with E-state index in [0.29, 0.717) is 28.3 Å². The molecule has 188 valence electrons. The number of rotatable bonds is 4. The normalized spacial score (nSPS) is 16.6. The third-order valence-corrected chi connectivity index (χ3v) is 7.73. The number of ether oxygens (including phenoxy) is 1. The number of nitrogens with zero attached hydrogens (tertiary/aromatic N) is 1. The van der Waals surface area contributed by atoms with Gasteiger partial charge in [0, 0.05) is 60.5 Å². The zero-order valence-electron chi connectivity index (χ0n) is 21.4. The highest BCUT2D eigenvalue weighted by molar-refractivity contribution is 5.96. The average molecular weight is 494 g/mol. The summed E-state index contributed by atoms with van der Waals surface area (Å²) >= 11 is 0. The van der Waals surface area contributed by atoms with E-state index in [1.54, 1.807) is 31.7 Å². The van der Waals surface area contributed by atoms with Gasteiger partial charge in [-0.15, -0.1) is 0 Å². The second-order valence-corrected chi connectivity index (χ2v) is 11.1. The number of benzene rings is 2. The summed E-state index contributed by atoms with van der Waals surface area (Å²) in [6.45, 7) is 5.80. The second-order valence-electron chi connectivity index (χ2n) is 11.1. The summed E-state index contributed by atoms with van der Waals surface area (Å²) in [5.74, 6) is 8.59. The fourth-order valence-corrected chi connectivity index (χ4v) is 5.47. The molecular weight excluding hydrogens is 462 g/mol. The number of hydrogen-bond acceptors (Lipinski definition) is 4. The molecule has 1 saturated carbocycles. The molecule has 3 N–H and O–H groups in total. The predicted molar refractivity (Wildman–Crippen MR) is 146 cm³/mol. The summed E-state index contributed by atoms with van der Waals surface area (Å²) in [5, 5.41) is 14.9. The van der Waals surface area contributed by atoms with Gasteiger partial charge in [-0.2, -0.15) is 0 Å². The number of fused-ring (bicyclic) bond motifs is 1. The van der Waals surface area contributed by atoms with Crippen LogP contribution < -0.4 is 15.6 Å². The van der Waals surface area contributed by atoms with Crippen molar-refractivity contribution in [2.75, 3.05) is 13.1 Å². The molecule has 37 heavy (non-hydrogen) atoms. The number of hydrogen-bond donors (Lipinski definition) is 3. The van der Waals surface area contributed by atoms with Crippen molar-refractivity contribution in [3.63, 3.8) is 0 Å². The zero-order valence-corrected chi connectivity index (χ0v) is 21.4. The number of aromatic amines is 1. The minimum atomic E-state index is -1.03. The van der Waals surface area contributed by atoms with Crippen LogP contribution in [0.25, 0.3) is 22.0 Å². The van der Waals surface area contributed by atoms with E-state index in [1.165, 1.54) is 12.8 Å². The fourth-order valence-electron chi connectivity index (χ4n) is 5.47. The molecule has 6 rings (SSSR count).